The van der Waals surface area contributed by atoms with Gasteiger partial charge in [0.2, 0.25) is 0 Å². The lowest BCUT2D eigenvalue weighted by Crippen LogP contribution is -2.54. The van der Waals surface area contributed by atoms with Crippen molar-refractivity contribution in [2.45, 2.75) is 167 Å². The van der Waals surface area contributed by atoms with Crippen molar-refractivity contribution in [2.75, 3.05) is 0 Å². The minimum absolute atomic E-state index is 1.12. The highest BCUT2D eigenvalue weighted by atomic mass is 14.6. The van der Waals surface area contributed by atoms with Crippen LogP contribution in [0.15, 0.2) is 0 Å². The van der Waals surface area contributed by atoms with Gasteiger partial charge in [-0.15, -0.1) is 0 Å². The molecule has 0 spiro atoms. The Bertz CT molecular complexity index is 794. The molecule has 0 aromatic heterocycles. The van der Waals surface area contributed by atoms with Crippen molar-refractivity contribution in [2.24, 2.45) is 82.9 Å². The Labute approximate surface area is 249 Å². The molecule has 0 bridgehead atoms. The molecular formula is C40H66. The summed E-state index contributed by atoms with van der Waals surface area (Å²) < 4.78 is 0. The standard InChI is InChI=1S/C40H66/c1-2-12-31-26-32(25-20-27(31)10-1)40-37-17-7-5-15-35(37)39(36-16-6-8-18-38(36)40)30-23-21-29(22-24-30)34-19-9-13-28-11-3-4-14-33(28)34/h27-40H,1-26H2. The van der Waals surface area contributed by atoms with Crippen LogP contribution in [-0.4, -0.2) is 0 Å². The molecule has 8 saturated carbocycles. The fourth-order valence-electron chi connectivity index (χ4n) is 15.1. The number of fused-ring (bicyclic) bond motifs is 4. The summed E-state index contributed by atoms with van der Waals surface area (Å²) in [5.74, 6) is 15.9. The Balaban J connectivity index is 0.993. The van der Waals surface area contributed by atoms with Gasteiger partial charge in [0, 0.05) is 0 Å². The second-order valence-corrected chi connectivity index (χ2v) is 17.7. The Morgan fingerprint density at radius 2 is 0.550 bits per heavy atom. The quantitative estimate of drug-likeness (QED) is 0.330. The SMILES string of the molecule is C1CCC2CC(C3C4CCCCC4C(C4CCC(C5CCCC6CCCCC65)CC4)C4CCCCC43)CCC2C1. The van der Waals surface area contributed by atoms with Crippen LogP contribution in [0.5, 0.6) is 0 Å². The molecule has 0 aromatic rings. The van der Waals surface area contributed by atoms with E-state index in [4.69, 9.17) is 0 Å². The van der Waals surface area contributed by atoms with Crippen molar-refractivity contribution in [1.29, 1.82) is 0 Å². The topological polar surface area (TPSA) is 0 Å². The fraction of sp³-hybridized carbons (Fsp3) is 1.00. The molecule has 8 rings (SSSR count). The van der Waals surface area contributed by atoms with Crippen molar-refractivity contribution >= 4 is 0 Å². The third-order valence-corrected chi connectivity index (χ3v) is 16.4. The summed E-state index contributed by atoms with van der Waals surface area (Å²) in [5.41, 5.74) is 0. The highest BCUT2D eigenvalue weighted by Crippen LogP contribution is 2.63. The zero-order chi connectivity index (χ0) is 26.5. The second-order valence-electron chi connectivity index (χ2n) is 17.7. The number of rotatable bonds is 3. The van der Waals surface area contributed by atoms with Crippen LogP contribution in [0.4, 0.5) is 0 Å². The zero-order valence-corrected chi connectivity index (χ0v) is 26.5. The summed E-state index contributed by atoms with van der Waals surface area (Å²) in [7, 11) is 0. The maximum absolute atomic E-state index is 1.67. The zero-order valence-electron chi connectivity index (χ0n) is 26.5. The maximum Gasteiger partial charge on any atom is -0.0323 e. The molecule has 8 aliphatic rings. The highest BCUT2D eigenvalue weighted by Gasteiger charge is 2.55. The maximum atomic E-state index is 1.67. The van der Waals surface area contributed by atoms with Crippen molar-refractivity contribution < 1.29 is 0 Å². The van der Waals surface area contributed by atoms with Gasteiger partial charge in [-0.05, 0) is 166 Å². The van der Waals surface area contributed by atoms with Gasteiger partial charge in [-0.2, -0.15) is 0 Å². The van der Waals surface area contributed by atoms with Gasteiger partial charge >= 0.3 is 0 Å². The predicted molar refractivity (Wildman–Crippen MR) is 169 cm³/mol. The summed E-state index contributed by atoms with van der Waals surface area (Å²) in [4.78, 5) is 0. The number of hydrogen-bond donors (Lipinski definition) is 0. The van der Waals surface area contributed by atoms with Crippen molar-refractivity contribution in [3.8, 4) is 0 Å². The van der Waals surface area contributed by atoms with E-state index in [0.29, 0.717) is 0 Å². The van der Waals surface area contributed by atoms with E-state index in [1.807, 2.05) is 0 Å². The van der Waals surface area contributed by atoms with Crippen molar-refractivity contribution in [3.63, 3.8) is 0 Å². The first kappa shape index (κ1) is 27.5. The minimum Gasteiger partial charge on any atom is -0.0530 e. The molecule has 0 heteroatoms. The molecule has 0 radical (unpaired) electrons. The Kier molecular flexibility index (Phi) is 8.39. The summed E-state index contributed by atoms with van der Waals surface area (Å²) >= 11 is 0. The van der Waals surface area contributed by atoms with Crippen LogP contribution in [0.1, 0.15) is 167 Å². The van der Waals surface area contributed by atoms with E-state index in [2.05, 4.69) is 0 Å². The summed E-state index contributed by atoms with van der Waals surface area (Å²) in [6.45, 7) is 0. The van der Waals surface area contributed by atoms with Crippen LogP contribution < -0.4 is 0 Å². The largest absolute Gasteiger partial charge is 0.0530 e. The molecule has 0 nitrogen and oxygen atoms in total. The van der Waals surface area contributed by atoms with Crippen LogP contribution >= 0.6 is 0 Å². The van der Waals surface area contributed by atoms with E-state index in [-0.39, 0.29) is 0 Å². The number of hydrogen-bond acceptors (Lipinski definition) is 0. The molecule has 8 fully saturated rings. The lowest BCUT2D eigenvalue weighted by molar-refractivity contribution is -0.120. The molecule has 0 heterocycles. The first-order chi connectivity index (χ1) is 19.8. The van der Waals surface area contributed by atoms with Crippen molar-refractivity contribution in [3.05, 3.63) is 0 Å². The average molecular weight is 547 g/mol. The first-order valence-corrected chi connectivity index (χ1v) is 19.8. The van der Waals surface area contributed by atoms with Crippen LogP contribution in [0.2, 0.25) is 0 Å². The molecule has 0 amide bonds. The minimum atomic E-state index is 1.12. The lowest BCUT2D eigenvalue weighted by atomic mass is 9.44. The van der Waals surface area contributed by atoms with Gasteiger partial charge in [0.25, 0.3) is 0 Å². The van der Waals surface area contributed by atoms with Gasteiger partial charge in [-0.3, -0.25) is 0 Å². The fourth-order valence-corrected chi connectivity index (χ4v) is 15.1. The monoisotopic (exact) mass is 547 g/mol. The van der Waals surface area contributed by atoms with E-state index in [0.717, 1.165) is 82.9 Å². The third-order valence-electron chi connectivity index (χ3n) is 16.4. The van der Waals surface area contributed by atoms with Gasteiger partial charge < -0.3 is 0 Å². The third kappa shape index (κ3) is 5.10. The molecule has 10 unspecified atom stereocenters. The Morgan fingerprint density at radius 1 is 0.200 bits per heavy atom. The van der Waals surface area contributed by atoms with Gasteiger partial charge in [0.15, 0.2) is 0 Å². The van der Waals surface area contributed by atoms with Gasteiger partial charge in [-0.25, -0.2) is 0 Å². The highest BCUT2D eigenvalue weighted by molar-refractivity contribution is 5.04. The predicted octanol–water partition coefficient (Wildman–Crippen LogP) is 11.9. The molecule has 8 aliphatic carbocycles. The second kappa shape index (κ2) is 12.2. The molecule has 40 heavy (non-hydrogen) atoms. The molecule has 0 aliphatic heterocycles. The van der Waals surface area contributed by atoms with E-state index >= 15 is 0 Å². The molecular weight excluding hydrogens is 480 g/mol. The molecule has 0 aromatic carbocycles. The summed E-state index contributed by atoms with van der Waals surface area (Å²) in [6.07, 6.45) is 41.8. The summed E-state index contributed by atoms with van der Waals surface area (Å²) in [6, 6.07) is 0. The molecule has 0 saturated heterocycles. The van der Waals surface area contributed by atoms with Crippen LogP contribution in [0.25, 0.3) is 0 Å². The van der Waals surface area contributed by atoms with Gasteiger partial charge in [0.1, 0.15) is 0 Å². The molecule has 10 atom stereocenters. The normalized spacial score (nSPS) is 53.4. The van der Waals surface area contributed by atoms with Crippen LogP contribution in [0, 0.1) is 82.9 Å². The molecule has 0 N–H and O–H groups in total. The Morgan fingerprint density at radius 3 is 1.18 bits per heavy atom. The van der Waals surface area contributed by atoms with E-state index in [9.17, 15) is 0 Å². The smallest absolute Gasteiger partial charge is 0.0323 e. The Hall–Kier alpha value is 0. The first-order valence-electron chi connectivity index (χ1n) is 19.8. The molecule has 226 valence electrons. The van der Waals surface area contributed by atoms with E-state index < -0.39 is 0 Å². The summed E-state index contributed by atoms with van der Waals surface area (Å²) in [5, 5.41) is 0. The van der Waals surface area contributed by atoms with E-state index in [1.54, 1.807) is 167 Å². The average Bonchev–Trinajstić information content (AvgIpc) is 3.03. The lowest BCUT2D eigenvalue weighted by Gasteiger charge is -2.61. The van der Waals surface area contributed by atoms with Crippen LogP contribution in [-0.2, 0) is 0 Å². The van der Waals surface area contributed by atoms with E-state index in [1.165, 1.54) is 0 Å². The van der Waals surface area contributed by atoms with Crippen molar-refractivity contribution in [1.82, 2.24) is 0 Å². The van der Waals surface area contributed by atoms with Crippen LogP contribution in [0.3, 0.4) is 0 Å². The van der Waals surface area contributed by atoms with Gasteiger partial charge in [-0.1, -0.05) is 83.5 Å². The van der Waals surface area contributed by atoms with Gasteiger partial charge in [0.05, 0.1) is 0 Å².